The fraction of sp³-hybridized carbons (Fsp3) is 0.167. The number of hydrogen-bond donors (Lipinski definition) is 2. The SMILES string of the molecule is O=C(NC(=S)NCCc1ccccc1)c1cccc(OCCc2ccccc2)c1. The van der Waals surface area contributed by atoms with Crippen molar-refractivity contribution in [3.63, 3.8) is 0 Å². The Morgan fingerprint density at radius 1 is 0.828 bits per heavy atom. The van der Waals surface area contributed by atoms with Crippen LogP contribution in [0.1, 0.15) is 21.5 Å². The van der Waals surface area contributed by atoms with Gasteiger partial charge >= 0.3 is 0 Å². The Labute approximate surface area is 176 Å². The van der Waals surface area contributed by atoms with Crippen LogP contribution in [0.25, 0.3) is 0 Å². The largest absolute Gasteiger partial charge is 0.493 e. The van der Waals surface area contributed by atoms with E-state index in [0.29, 0.717) is 29.6 Å². The number of carbonyl (C=O) groups is 1. The van der Waals surface area contributed by atoms with Crippen molar-refractivity contribution in [3.05, 3.63) is 102 Å². The second-order valence-electron chi connectivity index (χ2n) is 6.56. The molecule has 0 bridgehead atoms. The minimum absolute atomic E-state index is 0.254. The Morgan fingerprint density at radius 2 is 1.48 bits per heavy atom. The average Bonchev–Trinajstić information content (AvgIpc) is 2.75. The van der Waals surface area contributed by atoms with Crippen molar-refractivity contribution in [2.24, 2.45) is 0 Å². The summed E-state index contributed by atoms with van der Waals surface area (Å²) in [7, 11) is 0. The molecule has 0 aliphatic rings. The monoisotopic (exact) mass is 404 g/mol. The van der Waals surface area contributed by atoms with E-state index in [1.165, 1.54) is 11.1 Å². The van der Waals surface area contributed by atoms with E-state index >= 15 is 0 Å². The number of benzene rings is 3. The third-order valence-corrected chi connectivity index (χ3v) is 4.61. The Morgan fingerprint density at radius 3 is 2.17 bits per heavy atom. The molecule has 0 spiro atoms. The van der Waals surface area contributed by atoms with E-state index in [1.54, 1.807) is 18.2 Å². The number of carbonyl (C=O) groups excluding carboxylic acids is 1. The highest BCUT2D eigenvalue weighted by Crippen LogP contribution is 2.14. The van der Waals surface area contributed by atoms with Crippen molar-refractivity contribution < 1.29 is 9.53 Å². The highest BCUT2D eigenvalue weighted by molar-refractivity contribution is 7.80. The van der Waals surface area contributed by atoms with Gasteiger partial charge in [0, 0.05) is 18.5 Å². The zero-order valence-corrected chi connectivity index (χ0v) is 17.0. The van der Waals surface area contributed by atoms with E-state index in [4.69, 9.17) is 17.0 Å². The maximum Gasteiger partial charge on any atom is 0.257 e. The zero-order valence-electron chi connectivity index (χ0n) is 16.1. The summed E-state index contributed by atoms with van der Waals surface area (Å²) in [4.78, 5) is 12.4. The number of nitrogens with one attached hydrogen (secondary N) is 2. The van der Waals surface area contributed by atoms with Gasteiger partial charge in [0.05, 0.1) is 6.61 Å². The first-order chi connectivity index (χ1) is 14.2. The summed E-state index contributed by atoms with van der Waals surface area (Å²) >= 11 is 5.23. The lowest BCUT2D eigenvalue weighted by atomic mass is 10.1. The third kappa shape index (κ3) is 7.05. The first kappa shape index (κ1) is 20.6. The van der Waals surface area contributed by atoms with Crippen LogP contribution >= 0.6 is 12.2 Å². The maximum atomic E-state index is 12.4. The summed E-state index contributed by atoms with van der Waals surface area (Å²) in [5.74, 6) is 0.409. The van der Waals surface area contributed by atoms with E-state index in [2.05, 4.69) is 34.9 Å². The first-order valence-electron chi connectivity index (χ1n) is 9.60. The van der Waals surface area contributed by atoms with Gasteiger partial charge in [-0.1, -0.05) is 66.7 Å². The van der Waals surface area contributed by atoms with Gasteiger partial charge in [-0.05, 0) is 48.0 Å². The average molecular weight is 405 g/mol. The summed E-state index contributed by atoms with van der Waals surface area (Å²) in [5.41, 5.74) is 2.94. The van der Waals surface area contributed by atoms with Crippen LogP contribution in [0.5, 0.6) is 5.75 Å². The normalized spacial score (nSPS) is 10.2. The summed E-state index contributed by atoms with van der Waals surface area (Å²) < 4.78 is 5.79. The fourth-order valence-corrected chi connectivity index (χ4v) is 3.04. The quantitative estimate of drug-likeness (QED) is 0.554. The van der Waals surface area contributed by atoms with Gasteiger partial charge in [-0.25, -0.2) is 0 Å². The van der Waals surface area contributed by atoms with E-state index in [1.807, 2.05) is 42.5 Å². The molecule has 0 atom stereocenters. The zero-order chi connectivity index (χ0) is 20.3. The van der Waals surface area contributed by atoms with Crippen LogP contribution in [-0.4, -0.2) is 24.2 Å². The summed E-state index contributed by atoms with van der Waals surface area (Å²) in [6.45, 7) is 1.21. The van der Waals surface area contributed by atoms with Crippen molar-refractivity contribution in [2.75, 3.05) is 13.2 Å². The predicted molar refractivity (Wildman–Crippen MR) is 120 cm³/mol. The molecule has 3 aromatic rings. The molecule has 1 amide bonds. The van der Waals surface area contributed by atoms with E-state index in [-0.39, 0.29) is 5.91 Å². The molecule has 4 nitrogen and oxygen atoms in total. The van der Waals surface area contributed by atoms with Gasteiger partial charge in [-0.3, -0.25) is 10.1 Å². The van der Waals surface area contributed by atoms with Crippen molar-refractivity contribution in [2.45, 2.75) is 12.8 Å². The van der Waals surface area contributed by atoms with Crippen molar-refractivity contribution in [3.8, 4) is 5.75 Å². The number of ether oxygens (including phenoxy) is 1. The molecule has 0 radical (unpaired) electrons. The predicted octanol–water partition coefficient (Wildman–Crippen LogP) is 4.16. The van der Waals surface area contributed by atoms with Gasteiger partial charge in [0.1, 0.15) is 5.75 Å². The van der Waals surface area contributed by atoms with E-state index < -0.39 is 0 Å². The van der Waals surface area contributed by atoms with E-state index in [0.717, 1.165) is 12.8 Å². The Hall–Kier alpha value is -3.18. The topological polar surface area (TPSA) is 50.4 Å². The molecule has 148 valence electrons. The van der Waals surface area contributed by atoms with Crippen LogP contribution in [-0.2, 0) is 12.8 Å². The molecule has 0 fully saturated rings. The van der Waals surface area contributed by atoms with Crippen molar-refractivity contribution >= 4 is 23.2 Å². The molecule has 0 saturated heterocycles. The van der Waals surface area contributed by atoms with Crippen LogP contribution < -0.4 is 15.4 Å². The van der Waals surface area contributed by atoms with Crippen LogP contribution in [0.3, 0.4) is 0 Å². The van der Waals surface area contributed by atoms with Crippen LogP contribution in [0.4, 0.5) is 0 Å². The maximum absolute atomic E-state index is 12.4. The smallest absolute Gasteiger partial charge is 0.257 e. The van der Waals surface area contributed by atoms with Crippen molar-refractivity contribution in [1.82, 2.24) is 10.6 Å². The number of hydrogen-bond acceptors (Lipinski definition) is 3. The van der Waals surface area contributed by atoms with Gasteiger partial charge in [0.25, 0.3) is 5.91 Å². The number of rotatable bonds is 8. The molecule has 0 aliphatic heterocycles. The highest BCUT2D eigenvalue weighted by Gasteiger charge is 2.09. The molecule has 3 aromatic carbocycles. The van der Waals surface area contributed by atoms with Gasteiger partial charge in [0.2, 0.25) is 0 Å². The molecule has 3 rings (SSSR count). The summed E-state index contributed by atoms with van der Waals surface area (Å²) in [6.07, 6.45) is 1.65. The van der Waals surface area contributed by atoms with Gasteiger partial charge in [0.15, 0.2) is 5.11 Å². The van der Waals surface area contributed by atoms with Crippen LogP contribution in [0.15, 0.2) is 84.9 Å². The standard InChI is InChI=1S/C24H24N2O2S/c27-23(26-24(29)25-16-14-19-8-3-1-4-9-19)21-12-7-13-22(18-21)28-17-15-20-10-5-2-6-11-20/h1-13,18H,14-17H2,(H2,25,26,27,29). The molecule has 0 aliphatic carbocycles. The minimum Gasteiger partial charge on any atom is -0.493 e. The molecular weight excluding hydrogens is 380 g/mol. The number of thiocarbonyl (C=S) groups is 1. The Balaban J connectivity index is 1.44. The lowest BCUT2D eigenvalue weighted by Gasteiger charge is -2.11. The van der Waals surface area contributed by atoms with Gasteiger partial charge < -0.3 is 10.1 Å². The van der Waals surface area contributed by atoms with Crippen LogP contribution in [0, 0.1) is 0 Å². The molecule has 0 aromatic heterocycles. The second kappa shape index (κ2) is 11.0. The second-order valence-corrected chi connectivity index (χ2v) is 6.97. The highest BCUT2D eigenvalue weighted by atomic mass is 32.1. The number of amides is 1. The molecule has 0 heterocycles. The molecule has 5 heteroatoms. The lowest BCUT2D eigenvalue weighted by molar-refractivity contribution is 0.0976. The van der Waals surface area contributed by atoms with Gasteiger partial charge in [-0.2, -0.15) is 0 Å². The van der Waals surface area contributed by atoms with Gasteiger partial charge in [-0.15, -0.1) is 0 Å². The molecule has 29 heavy (non-hydrogen) atoms. The fourth-order valence-electron chi connectivity index (χ4n) is 2.84. The lowest BCUT2D eigenvalue weighted by Crippen LogP contribution is -2.40. The van der Waals surface area contributed by atoms with Crippen molar-refractivity contribution in [1.29, 1.82) is 0 Å². The summed E-state index contributed by atoms with van der Waals surface area (Å²) in [5, 5.41) is 6.11. The summed E-state index contributed by atoms with van der Waals surface area (Å²) in [6, 6.07) is 27.4. The molecule has 2 N–H and O–H groups in total. The molecule has 0 unspecified atom stereocenters. The Bertz CT molecular complexity index is 930. The third-order valence-electron chi connectivity index (χ3n) is 4.37. The Kier molecular flexibility index (Phi) is 7.78. The first-order valence-corrected chi connectivity index (χ1v) is 10.0. The minimum atomic E-state index is -0.254. The van der Waals surface area contributed by atoms with Crippen LogP contribution in [0.2, 0.25) is 0 Å². The van der Waals surface area contributed by atoms with E-state index in [9.17, 15) is 4.79 Å². The molecular formula is C24H24N2O2S. The molecule has 0 saturated carbocycles.